The second-order valence-corrected chi connectivity index (χ2v) is 31.8. The van der Waals surface area contributed by atoms with E-state index < -0.39 is 16.1 Å². The number of fused-ring (bicyclic) bond motifs is 10. The smallest absolute Gasteiger partial charge is 0.0776 e. The van der Waals surface area contributed by atoms with Gasteiger partial charge in [-0.3, -0.25) is 0 Å². The summed E-state index contributed by atoms with van der Waals surface area (Å²) < 4.78 is 4.96. The Morgan fingerprint density at radius 3 is 1.13 bits per heavy atom. The summed E-state index contributed by atoms with van der Waals surface area (Å²) in [5, 5.41) is 14.9. The second-order valence-electron chi connectivity index (χ2n) is 21.7. The van der Waals surface area contributed by atoms with E-state index in [1.165, 1.54) is 65.1 Å². The van der Waals surface area contributed by atoms with Crippen molar-refractivity contribution in [1.82, 2.24) is 19.1 Å². The molecule has 4 heterocycles. The summed E-state index contributed by atoms with van der Waals surface area (Å²) in [4.78, 5) is 11.0. The third-order valence-corrected chi connectivity index (χ3v) is 19.0. The highest BCUT2D eigenvalue weighted by Gasteiger charge is 2.25. The van der Waals surface area contributed by atoms with Crippen LogP contribution in [0.5, 0.6) is 0 Å². The van der Waals surface area contributed by atoms with E-state index in [9.17, 15) is 0 Å². The molecule has 4 nitrogen and oxygen atoms in total. The molecular formula is C64H54N4Si2. The highest BCUT2D eigenvalue weighted by Crippen LogP contribution is 2.46. The summed E-state index contributed by atoms with van der Waals surface area (Å²) in [5.41, 5.74) is 15.7. The SMILES string of the molecule is Cc1ccc2c(c1)c1cc(C)ccc1n2-c1ccc2c(-c3ccc4ccccc4n3)c3cc(-n4c5ccc([Si](C)(C)C)cc5c5cc([Si](C)(C)C)ccc54)ccc3c(-c3ccc4ccccc4n3)c2c1. The summed E-state index contributed by atoms with van der Waals surface area (Å²) in [6.07, 6.45) is 0. The van der Waals surface area contributed by atoms with Gasteiger partial charge in [-0.15, -0.1) is 0 Å². The molecular weight excluding hydrogens is 881 g/mol. The number of rotatable bonds is 6. The fourth-order valence-electron chi connectivity index (χ4n) is 11.2. The summed E-state index contributed by atoms with van der Waals surface area (Å²) in [6, 6.07) is 68.3. The third kappa shape index (κ3) is 6.68. The monoisotopic (exact) mass is 934 g/mol. The first kappa shape index (κ1) is 42.5. The molecule has 0 aliphatic heterocycles. The van der Waals surface area contributed by atoms with Crippen LogP contribution in [0.2, 0.25) is 39.3 Å². The molecule has 0 N–H and O–H groups in total. The van der Waals surface area contributed by atoms with Crippen LogP contribution in [0, 0.1) is 13.8 Å². The van der Waals surface area contributed by atoms with Crippen molar-refractivity contribution >= 4 is 113 Å². The average Bonchev–Trinajstić information content (AvgIpc) is 3.85. The van der Waals surface area contributed by atoms with Crippen molar-refractivity contribution in [2.75, 3.05) is 0 Å². The molecule has 0 unspecified atom stereocenters. The molecule has 0 fully saturated rings. The summed E-state index contributed by atoms with van der Waals surface area (Å²) in [6.45, 7) is 19.1. The summed E-state index contributed by atoms with van der Waals surface area (Å²) in [7, 11) is -3.22. The highest BCUT2D eigenvalue weighted by molar-refractivity contribution is 6.89. The summed E-state index contributed by atoms with van der Waals surface area (Å²) >= 11 is 0. The minimum absolute atomic E-state index is 0.944. The van der Waals surface area contributed by atoms with E-state index in [1.54, 1.807) is 0 Å². The van der Waals surface area contributed by atoms with Gasteiger partial charge in [0.05, 0.1) is 60.6 Å². The Labute approximate surface area is 410 Å². The van der Waals surface area contributed by atoms with E-state index in [2.05, 4.69) is 244 Å². The molecule has 4 aromatic heterocycles. The van der Waals surface area contributed by atoms with Crippen LogP contribution in [0.25, 0.3) is 121 Å². The zero-order chi connectivity index (χ0) is 47.8. The van der Waals surface area contributed by atoms with Crippen molar-refractivity contribution in [3.63, 3.8) is 0 Å². The Bertz CT molecular complexity index is 4220. The minimum Gasteiger partial charge on any atom is -0.309 e. The Morgan fingerprint density at radius 1 is 0.329 bits per heavy atom. The molecule has 0 amide bonds. The van der Waals surface area contributed by atoms with E-state index >= 15 is 0 Å². The highest BCUT2D eigenvalue weighted by atomic mass is 28.3. The fraction of sp³-hybridized carbons (Fsp3) is 0.125. The maximum atomic E-state index is 5.50. The van der Waals surface area contributed by atoms with Crippen LogP contribution in [0.15, 0.2) is 182 Å². The number of pyridine rings is 2. The largest absolute Gasteiger partial charge is 0.309 e. The number of hydrogen-bond acceptors (Lipinski definition) is 2. The lowest BCUT2D eigenvalue weighted by Crippen LogP contribution is -2.37. The molecule has 0 saturated heterocycles. The molecule has 0 atom stereocenters. The van der Waals surface area contributed by atoms with Crippen LogP contribution in [0.4, 0.5) is 0 Å². The maximum absolute atomic E-state index is 5.50. The standard InChI is InChI=1S/C64H54N4Si2/c1-39-17-29-59-49(33-39)50-34-40(2)18-30-60(50)67(59)43-21-25-47-53(35-43)63(57-27-19-41-13-9-11-15-55(41)65-57)48-26-22-44(36-54(48)64(47)58-28-20-42-14-10-12-16-56(42)66-58)68-61-31-23-45(69(3,4)5)37-51(61)52-38-46(70(6,7)8)24-32-62(52)68/h9-38H,1-8H3. The first-order chi connectivity index (χ1) is 33.8. The van der Waals surface area contributed by atoms with Crippen molar-refractivity contribution in [3.8, 4) is 33.9 Å². The first-order valence-corrected chi connectivity index (χ1v) is 31.6. The Morgan fingerprint density at radius 2 is 0.714 bits per heavy atom. The molecule has 0 aliphatic carbocycles. The fourth-order valence-corrected chi connectivity index (χ4v) is 13.5. The molecule has 13 rings (SSSR count). The third-order valence-electron chi connectivity index (χ3n) is 14.9. The van der Waals surface area contributed by atoms with Gasteiger partial charge in [0.25, 0.3) is 0 Å². The van der Waals surface area contributed by atoms with E-state index in [4.69, 9.17) is 9.97 Å². The second kappa shape index (κ2) is 15.4. The van der Waals surface area contributed by atoms with Gasteiger partial charge in [-0.25, -0.2) is 9.97 Å². The number of hydrogen-bond donors (Lipinski definition) is 0. The maximum Gasteiger partial charge on any atom is 0.0776 e. The number of benzene rings is 9. The zero-order valence-electron chi connectivity index (χ0n) is 41.1. The van der Waals surface area contributed by atoms with Gasteiger partial charge < -0.3 is 9.13 Å². The zero-order valence-corrected chi connectivity index (χ0v) is 43.1. The van der Waals surface area contributed by atoms with Gasteiger partial charge in [0.2, 0.25) is 0 Å². The van der Waals surface area contributed by atoms with Crippen molar-refractivity contribution in [2.24, 2.45) is 0 Å². The van der Waals surface area contributed by atoms with Gasteiger partial charge in [-0.2, -0.15) is 0 Å². The van der Waals surface area contributed by atoms with Gasteiger partial charge in [-0.1, -0.05) is 158 Å². The van der Waals surface area contributed by atoms with E-state index in [0.29, 0.717) is 0 Å². The summed E-state index contributed by atoms with van der Waals surface area (Å²) in [5.74, 6) is 0. The van der Waals surface area contributed by atoms with Gasteiger partial charge in [0.15, 0.2) is 0 Å². The predicted octanol–water partition coefficient (Wildman–Crippen LogP) is 16.3. The molecule has 0 bridgehead atoms. The normalized spacial score (nSPS) is 12.6. The Balaban J connectivity index is 1.17. The lowest BCUT2D eigenvalue weighted by atomic mass is 9.87. The van der Waals surface area contributed by atoms with Gasteiger partial charge >= 0.3 is 0 Å². The topological polar surface area (TPSA) is 35.6 Å². The number of nitrogens with zero attached hydrogens (tertiary/aromatic N) is 4. The van der Waals surface area contributed by atoms with Crippen LogP contribution >= 0.6 is 0 Å². The van der Waals surface area contributed by atoms with Crippen LogP contribution in [-0.2, 0) is 0 Å². The Kier molecular flexibility index (Phi) is 9.36. The van der Waals surface area contributed by atoms with Crippen LogP contribution in [0.3, 0.4) is 0 Å². The van der Waals surface area contributed by atoms with Crippen LogP contribution in [0.1, 0.15) is 11.1 Å². The number of para-hydroxylation sites is 2. The van der Waals surface area contributed by atoms with Gasteiger partial charge in [0.1, 0.15) is 0 Å². The number of aryl methyl sites for hydroxylation is 2. The van der Waals surface area contributed by atoms with Crippen molar-refractivity contribution < 1.29 is 0 Å². The predicted molar refractivity (Wildman–Crippen MR) is 307 cm³/mol. The quantitative estimate of drug-likeness (QED) is 0.123. The van der Waals surface area contributed by atoms with Crippen molar-refractivity contribution in [3.05, 3.63) is 193 Å². The molecule has 9 aromatic carbocycles. The van der Waals surface area contributed by atoms with Crippen LogP contribution in [-0.4, -0.2) is 35.2 Å². The minimum atomic E-state index is -1.61. The van der Waals surface area contributed by atoms with Gasteiger partial charge in [-0.05, 0) is 120 Å². The lowest BCUT2D eigenvalue weighted by Gasteiger charge is -2.20. The first-order valence-electron chi connectivity index (χ1n) is 24.6. The molecule has 0 spiro atoms. The molecule has 6 heteroatoms. The Hall–Kier alpha value is -7.65. The molecule has 13 aromatic rings. The van der Waals surface area contributed by atoms with Gasteiger partial charge in [0, 0.05) is 54.8 Å². The number of aromatic nitrogens is 4. The van der Waals surface area contributed by atoms with E-state index in [1.807, 2.05) is 0 Å². The lowest BCUT2D eigenvalue weighted by molar-refractivity contribution is 1.18. The molecule has 0 saturated carbocycles. The molecule has 70 heavy (non-hydrogen) atoms. The van der Waals surface area contributed by atoms with Crippen molar-refractivity contribution in [1.29, 1.82) is 0 Å². The van der Waals surface area contributed by atoms with E-state index in [-0.39, 0.29) is 0 Å². The molecule has 0 radical (unpaired) electrons. The van der Waals surface area contributed by atoms with E-state index in [0.717, 1.165) is 77.2 Å². The molecule has 0 aliphatic rings. The van der Waals surface area contributed by atoms with Crippen molar-refractivity contribution in [2.45, 2.75) is 53.1 Å². The average molecular weight is 935 g/mol. The van der Waals surface area contributed by atoms with Crippen LogP contribution < -0.4 is 10.4 Å². The molecule has 338 valence electrons.